The van der Waals surface area contributed by atoms with Crippen molar-refractivity contribution in [1.82, 2.24) is 9.80 Å². The van der Waals surface area contributed by atoms with E-state index in [2.05, 4.69) is 40.1 Å². The third-order valence-electron chi connectivity index (χ3n) is 4.54. The number of Topliss-reactive ketones (excluding diaryl/α,β-unsaturated/α-hetero) is 1. The lowest BCUT2D eigenvalue weighted by Crippen LogP contribution is -2.46. The zero-order chi connectivity index (χ0) is 16.8. The SMILES string of the molecule is Cl.Cl.O=C(CCN1CCN(Cc2ccccc2)CC1)c1ccc(Cl)cc1. The number of carbonyl (C=O) groups excluding carboxylic acids is 1. The number of rotatable bonds is 6. The average Bonchev–Trinajstić information content (AvgIpc) is 2.62. The van der Waals surface area contributed by atoms with Gasteiger partial charge in [0.15, 0.2) is 5.78 Å². The fourth-order valence-electron chi connectivity index (χ4n) is 3.05. The molecule has 2 aromatic carbocycles. The first-order chi connectivity index (χ1) is 11.7. The molecule has 0 bridgehead atoms. The summed E-state index contributed by atoms with van der Waals surface area (Å²) in [4.78, 5) is 17.1. The molecule has 1 saturated heterocycles. The van der Waals surface area contributed by atoms with Gasteiger partial charge in [-0.25, -0.2) is 0 Å². The molecule has 142 valence electrons. The van der Waals surface area contributed by atoms with Crippen molar-refractivity contribution in [1.29, 1.82) is 0 Å². The summed E-state index contributed by atoms with van der Waals surface area (Å²) in [6.07, 6.45) is 0.570. The first-order valence-corrected chi connectivity index (χ1v) is 8.86. The predicted molar refractivity (Wildman–Crippen MR) is 113 cm³/mol. The molecule has 0 atom stereocenters. The molecule has 3 rings (SSSR count). The van der Waals surface area contributed by atoms with E-state index in [1.165, 1.54) is 5.56 Å². The molecule has 1 heterocycles. The van der Waals surface area contributed by atoms with E-state index in [0.717, 1.165) is 44.8 Å². The summed E-state index contributed by atoms with van der Waals surface area (Å²) >= 11 is 5.86. The number of hydrogen-bond donors (Lipinski definition) is 0. The van der Waals surface area contributed by atoms with Crippen LogP contribution in [0.3, 0.4) is 0 Å². The molecule has 0 saturated carbocycles. The zero-order valence-corrected chi connectivity index (χ0v) is 17.0. The van der Waals surface area contributed by atoms with Gasteiger partial charge in [-0.15, -0.1) is 24.8 Å². The van der Waals surface area contributed by atoms with Crippen LogP contribution < -0.4 is 0 Å². The van der Waals surface area contributed by atoms with E-state index in [-0.39, 0.29) is 30.6 Å². The number of ketones is 1. The Kier molecular flexibility index (Phi) is 10.2. The van der Waals surface area contributed by atoms with Gasteiger partial charge in [-0.2, -0.15) is 0 Å². The molecule has 6 heteroatoms. The normalized spacial score (nSPS) is 15.0. The van der Waals surface area contributed by atoms with E-state index in [1.807, 2.05) is 12.1 Å². The van der Waals surface area contributed by atoms with Gasteiger partial charge in [0.2, 0.25) is 0 Å². The van der Waals surface area contributed by atoms with Crippen LogP contribution in [0.5, 0.6) is 0 Å². The molecule has 0 spiro atoms. The Hall–Kier alpha value is -1.10. The lowest BCUT2D eigenvalue weighted by molar-refractivity contribution is 0.0922. The van der Waals surface area contributed by atoms with Gasteiger partial charge in [-0.1, -0.05) is 41.9 Å². The van der Waals surface area contributed by atoms with Crippen LogP contribution >= 0.6 is 36.4 Å². The molecule has 26 heavy (non-hydrogen) atoms. The average molecular weight is 416 g/mol. The maximum absolute atomic E-state index is 12.2. The zero-order valence-electron chi connectivity index (χ0n) is 14.6. The number of piperazine rings is 1. The van der Waals surface area contributed by atoms with Crippen LogP contribution in [0, 0.1) is 0 Å². The van der Waals surface area contributed by atoms with Crippen molar-refractivity contribution < 1.29 is 4.79 Å². The number of nitrogens with zero attached hydrogens (tertiary/aromatic N) is 2. The fourth-order valence-corrected chi connectivity index (χ4v) is 3.18. The number of carbonyl (C=O) groups is 1. The van der Waals surface area contributed by atoms with Gasteiger partial charge in [-0.3, -0.25) is 9.69 Å². The van der Waals surface area contributed by atoms with Crippen LogP contribution in [-0.4, -0.2) is 48.3 Å². The van der Waals surface area contributed by atoms with Crippen molar-refractivity contribution in [2.45, 2.75) is 13.0 Å². The standard InChI is InChI=1S/C20H23ClN2O.2ClH/c21-19-8-6-18(7-9-19)20(24)10-11-22-12-14-23(15-13-22)16-17-4-2-1-3-5-17;;/h1-9H,10-16H2;2*1H. The van der Waals surface area contributed by atoms with Gasteiger partial charge in [0.1, 0.15) is 0 Å². The van der Waals surface area contributed by atoms with Crippen molar-refractivity contribution >= 4 is 42.2 Å². The Morgan fingerprint density at radius 1 is 0.846 bits per heavy atom. The van der Waals surface area contributed by atoms with Crippen molar-refractivity contribution in [3.05, 3.63) is 70.7 Å². The van der Waals surface area contributed by atoms with Crippen LogP contribution in [0.4, 0.5) is 0 Å². The van der Waals surface area contributed by atoms with E-state index >= 15 is 0 Å². The van der Waals surface area contributed by atoms with E-state index in [9.17, 15) is 4.79 Å². The van der Waals surface area contributed by atoms with E-state index in [0.29, 0.717) is 11.4 Å². The quantitative estimate of drug-likeness (QED) is 0.645. The second kappa shape index (κ2) is 11.6. The summed E-state index contributed by atoms with van der Waals surface area (Å²) in [5, 5.41) is 0.668. The van der Waals surface area contributed by atoms with Crippen LogP contribution in [0.2, 0.25) is 5.02 Å². The van der Waals surface area contributed by atoms with Crippen molar-refractivity contribution in [3.8, 4) is 0 Å². The Balaban J connectivity index is 0.00000169. The van der Waals surface area contributed by atoms with Crippen molar-refractivity contribution in [3.63, 3.8) is 0 Å². The molecule has 1 aliphatic rings. The molecular formula is C20H25Cl3N2O. The molecule has 0 aliphatic carbocycles. The highest BCUT2D eigenvalue weighted by atomic mass is 35.5. The van der Waals surface area contributed by atoms with Crippen LogP contribution in [-0.2, 0) is 6.54 Å². The number of benzene rings is 2. The van der Waals surface area contributed by atoms with Crippen molar-refractivity contribution in [2.24, 2.45) is 0 Å². The Morgan fingerprint density at radius 2 is 1.42 bits per heavy atom. The summed E-state index contributed by atoms with van der Waals surface area (Å²) < 4.78 is 0. The van der Waals surface area contributed by atoms with Crippen LogP contribution in [0.15, 0.2) is 54.6 Å². The predicted octanol–water partition coefficient (Wildman–Crippen LogP) is 4.57. The second-order valence-corrected chi connectivity index (χ2v) is 6.72. The number of hydrogen-bond acceptors (Lipinski definition) is 3. The van der Waals surface area contributed by atoms with Crippen LogP contribution in [0.1, 0.15) is 22.3 Å². The lowest BCUT2D eigenvalue weighted by atomic mass is 10.1. The summed E-state index contributed by atoms with van der Waals surface area (Å²) in [6.45, 7) is 6.02. The molecule has 0 N–H and O–H groups in total. The molecule has 3 nitrogen and oxygen atoms in total. The van der Waals surface area contributed by atoms with Gasteiger partial charge in [0.05, 0.1) is 0 Å². The summed E-state index contributed by atoms with van der Waals surface area (Å²) in [7, 11) is 0. The number of halogens is 3. The van der Waals surface area contributed by atoms with Gasteiger partial charge in [-0.05, 0) is 29.8 Å². The Bertz CT molecular complexity index is 657. The first kappa shape index (κ1) is 22.9. The highest BCUT2D eigenvalue weighted by Gasteiger charge is 2.17. The highest BCUT2D eigenvalue weighted by Crippen LogP contribution is 2.12. The minimum Gasteiger partial charge on any atom is -0.300 e. The molecular weight excluding hydrogens is 391 g/mol. The first-order valence-electron chi connectivity index (χ1n) is 8.48. The summed E-state index contributed by atoms with van der Waals surface area (Å²) in [5.41, 5.74) is 2.12. The monoisotopic (exact) mass is 414 g/mol. The topological polar surface area (TPSA) is 23.6 Å². The van der Waals surface area contributed by atoms with E-state index < -0.39 is 0 Å². The van der Waals surface area contributed by atoms with E-state index in [4.69, 9.17) is 11.6 Å². The van der Waals surface area contributed by atoms with Crippen molar-refractivity contribution in [2.75, 3.05) is 32.7 Å². The Labute approximate surface area is 173 Å². The van der Waals surface area contributed by atoms with Gasteiger partial charge >= 0.3 is 0 Å². The van der Waals surface area contributed by atoms with E-state index in [1.54, 1.807) is 12.1 Å². The third kappa shape index (κ3) is 6.90. The van der Waals surface area contributed by atoms with Crippen LogP contribution in [0.25, 0.3) is 0 Å². The fraction of sp³-hybridized carbons (Fsp3) is 0.350. The molecule has 2 aromatic rings. The summed E-state index contributed by atoms with van der Waals surface area (Å²) in [5.74, 6) is 0.193. The molecule has 0 amide bonds. The molecule has 0 unspecified atom stereocenters. The molecule has 0 aromatic heterocycles. The second-order valence-electron chi connectivity index (χ2n) is 6.28. The Morgan fingerprint density at radius 3 is 2.04 bits per heavy atom. The highest BCUT2D eigenvalue weighted by molar-refractivity contribution is 6.30. The molecule has 1 fully saturated rings. The maximum Gasteiger partial charge on any atom is 0.164 e. The largest absolute Gasteiger partial charge is 0.300 e. The van der Waals surface area contributed by atoms with Gasteiger partial charge < -0.3 is 4.90 Å². The smallest absolute Gasteiger partial charge is 0.164 e. The minimum atomic E-state index is 0. The third-order valence-corrected chi connectivity index (χ3v) is 4.79. The molecule has 1 aliphatic heterocycles. The minimum absolute atomic E-state index is 0. The summed E-state index contributed by atoms with van der Waals surface area (Å²) in [6, 6.07) is 17.8. The lowest BCUT2D eigenvalue weighted by Gasteiger charge is -2.34. The van der Waals surface area contributed by atoms with Gasteiger partial charge in [0, 0.05) is 56.3 Å². The van der Waals surface area contributed by atoms with Gasteiger partial charge in [0.25, 0.3) is 0 Å². The maximum atomic E-state index is 12.2. The molecule has 0 radical (unpaired) electrons.